The number of nitrogens with zero attached hydrogens (tertiary/aromatic N) is 4. The standard InChI is InChI=1S/C23H24N6O2/c1-15-6-5-7-18(12-15)29-22(13-16(2)28-29)26-21-10-11-24-23(27-21)25-17-8-9-19(30-3)20(14-17)31-4/h5-14H,1-4H3,(H2,24,25,26,27). The number of ether oxygens (including phenoxy) is 2. The van der Waals surface area contributed by atoms with Crippen molar-refractivity contribution in [3.05, 3.63) is 72.1 Å². The SMILES string of the molecule is COc1ccc(Nc2nccc(Nc3cc(C)nn3-c3cccc(C)c3)n2)cc1OC. The lowest BCUT2D eigenvalue weighted by molar-refractivity contribution is 0.355. The van der Waals surface area contributed by atoms with Gasteiger partial charge in [-0.25, -0.2) is 9.67 Å². The number of hydrogen-bond donors (Lipinski definition) is 2. The number of rotatable bonds is 7. The molecule has 0 bridgehead atoms. The van der Waals surface area contributed by atoms with E-state index in [9.17, 15) is 0 Å². The van der Waals surface area contributed by atoms with Crippen molar-refractivity contribution in [1.82, 2.24) is 19.7 Å². The molecular weight excluding hydrogens is 392 g/mol. The van der Waals surface area contributed by atoms with Crippen molar-refractivity contribution < 1.29 is 9.47 Å². The molecule has 0 fully saturated rings. The summed E-state index contributed by atoms with van der Waals surface area (Å²) >= 11 is 0. The Hall–Kier alpha value is -4.07. The monoisotopic (exact) mass is 416 g/mol. The lowest BCUT2D eigenvalue weighted by Gasteiger charge is -2.12. The molecule has 0 atom stereocenters. The van der Waals surface area contributed by atoms with Crippen LogP contribution in [0, 0.1) is 13.8 Å². The molecule has 0 aliphatic heterocycles. The highest BCUT2D eigenvalue weighted by molar-refractivity contribution is 5.62. The van der Waals surface area contributed by atoms with E-state index >= 15 is 0 Å². The van der Waals surface area contributed by atoms with Crippen molar-refractivity contribution >= 4 is 23.3 Å². The van der Waals surface area contributed by atoms with Crippen LogP contribution in [0.1, 0.15) is 11.3 Å². The number of anilines is 4. The first-order valence-electron chi connectivity index (χ1n) is 9.78. The molecule has 158 valence electrons. The fraction of sp³-hybridized carbons (Fsp3) is 0.174. The lowest BCUT2D eigenvalue weighted by atomic mass is 10.2. The molecule has 2 aromatic heterocycles. The third kappa shape index (κ3) is 4.58. The van der Waals surface area contributed by atoms with Gasteiger partial charge in [-0.3, -0.25) is 0 Å². The molecule has 0 saturated heterocycles. The maximum atomic E-state index is 5.36. The Labute approximate surface area is 180 Å². The summed E-state index contributed by atoms with van der Waals surface area (Å²) in [6.45, 7) is 4.02. The first kappa shape index (κ1) is 20.2. The van der Waals surface area contributed by atoms with Crippen molar-refractivity contribution in [2.45, 2.75) is 13.8 Å². The van der Waals surface area contributed by atoms with E-state index in [2.05, 4.69) is 44.8 Å². The zero-order chi connectivity index (χ0) is 21.8. The molecule has 0 aliphatic carbocycles. The van der Waals surface area contributed by atoms with Crippen molar-refractivity contribution in [3.8, 4) is 17.2 Å². The van der Waals surface area contributed by atoms with Gasteiger partial charge in [-0.1, -0.05) is 12.1 Å². The molecule has 31 heavy (non-hydrogen) atoms. The van der Waals surface area contributed by atoms with Crippen LogP contribution in [-0.4, -0.2) is 34.0 Å². The van der Waals surface area contributed by atoms with Gasteiger partial charge in [0.1, 0.15) is 11.6 Å². The normalized spacial score (nSPS) is 10.6. The maximum absolute atomic E-state index is 5.36. The highest BCUT2D eigenvalue weighted by Gasteiger charge is 2.10. The Morgan fingerprint density at radius 3 is 2.48 bits per heavy atom. The number of methoxy groups -OCH3 is 2. The molecule has 2 N–H and O–H groups in total. The van der Waals surface area contributed by atoms with E-state index in [0.29, 0.717) is 23.3 Å². The van der Waals surface area contributed by atoms with Crippen LogP contribution in [0.5, 0.6) is 11.5 Å². The molecule has 0 saturated carbocycles. The van der Waals surface area contributed by atoms with E-state index in [0.717, 1.165) is 22.9 Å². The fourth-order valence-corrected chi connectivity index (χ4v) is 3.21. The Bertz CT molecular complexity index is 1200. The van der Waals surface area contributed by atoms with Gasteiger partial charge in [0.15, 0.2) is 11.5 Å². The highest BCUT2D eigenvalue weighted by Crippen LogP contribution is 2.31. The quantitative estimate of drug-likeness (QED) is 0.448. The molecule has 0 aliphatic rings. The summed E-state index contributed by atoms with van der Waals surface area (Å²) in [6, 6.07) is 17.5. The van der Waals surface area contributed by atoms with Gasteiger partial charge in [-0.05, 0) is 49.7 Å². The average molecular weight is 416 g/mol. The Morgan fingerprint density at radius 2 is 1.71 bits per heavy atom. The van der Waals surface area contributed by atoms with Gasteiger partial charge >= 0.3 is 0 Å². The second-order valence-electron chi connectivity index (χ2n) is 7.01. The molecule has 0 amide bonds. The first-order chi connectivity index (χ1) is 15.1. The molecule has 2 aromatic carbocycles. The van der Waals surface area contributed by atoms with E-state index in [-0.39, 0.29) is 0 Å². The summed E-state index contributed by atoms with van der Waals surface area (Å²) in [6.07, 6.45) is 1.69. The first-order valence-corrected chi connectivity index (χ1v) is 9.78. The Balaban J connectivity index is 1.58. The van der Waals surface area contributed by atoms with Crippen LogP contribution >= 0.6 is 0 Å². The topological polar surface area (TPSA) is 86.1 Å². The van der Waals surface area contributed by atoms with Gasteiger partial charge in [-0.15, -0.1) is 0 Å². The minimum atomic E-state index is 0.454. The Kier molecular flexibility index (Phi) is 5.70. The van der Waals surface area contributed by atoms with E-state index in [1.165, 1.54) is 5.56 Å². The van der Waals surface area contributed by atoms with Gasteiger partial charge in [0, 0.05) is 24.0 Å². The summed E-state index contributed by atoms with van der Waals surface area (Å²) in [7, 11) is 3.20. The zero-order valence-corrected chi connectivity index (χ0v) is 17.9. The third-order valence-corrected chi connectivity index (χ3v) is 4.63. The van der Waals surface area contributed by atoms with Crippen LogP contribution in [-0.2, 0) is 0 Å². The van der Waals surface area contributed by atoms with Crippen molar-refractivity contribution in [2.24, 2.45) is 0 Å². The second-order valence-corrected chi connectivity index (χ2v) is 7.01. The molecule has 0 unspecified atom stereocenters. The summed E-state index contributed by atoms with van der Waals surface area (Å²) < 4.78 is 12.5. The van der Waals surface area contributed by atoms with E-state index in [1.807, 2.05) is 54.1 Å². The zero-order valence-electron chi connectivity index (χ0n) is 17.9. The van der Waals surface area contributed by atoms with E-state index in [4.69, 9.17) is 9.47 Å². The molecule has 2 heterocycles. The minimum absolute atomic E-state index is 0.454. The smallest absolute Gasteiger partial charge is 0.229 e. The summed E-state index contributed by atoms with van der Waals surface area (Å²) in [4.78, 5) is 8.89. The van der Waals surface area contributed by atoms with Gasteiger partial charge in [0.2, 0.25) is 5.95 Å². The highest BCUT2D eigenvalue weighted by atomic mass is 16.5. The molecular formula is C23H24N6O2. The molecule has 4 rings (SSSR count). The number of benzene rings is 2. The van der Waals surface area contributed by atoms with Crippen LogP contribution in [0.25, 0.3) is 5.69 Å². The largest absolute Gasteiger partial charge is 0.493 e. The van der Waals surface area contributed by atoms with Crippen molar-refractivity contribution in [3.63, 3.8) is 0 Å². The molecule has 8 nitrogen and oxygen atoms in total. The Morgan fingerprint density at radius 1 is 0.871 bits per heavy atom. The molecule has 4 aromatic rings. The predicted molar refractivity (Wildman–Crippen MR) is 121 cm³/mol. The van der Waals surface area contributed by atoms with E-state index < -0.39 is 0 Å². The lowest BCUT2D eigenvalue weighted by Crippen LogP contribution is -2.05. The minimum Gasteiger partial charge on any atom is -0.493 e. The number of hydrogen-bond acceptors (Lipinski definition) is 7. The molecule has 0 radical (unpaired) electrons. The van der Waals surface area contributed by atoms with Gasteiger partial charge in [0.05, 0.1) is 25.6 Å². The average Bonchev–Trinajstić information content (AvgIpc) is 3.14. The van der Waals surface area contributed by atoms with Gasteiger partial charge in [-0.2, -0.15) is 10.1 Å². The van der Waals surface area contributed by atoms with Crippen molar-refractivity contribution in [1.29, 1.82) is 0 Å². The van der Waals surface area contributed by atoms with Crippen LogP contribution in [0.4, 0.5) is 23.3 Å². The van der Waals surface area contributed by atoms with E-state index in [1.54, 1.807) is 20.4 Å². The number of aryl methyl sites for hydroxylation is 2. The molecule has 8 heteroatoms. The predicted octanol–water partition coefficient (Wildman–Crippen LogP) is 4.78. The van der Waals surface area contributed by atoms with Gasteiger partial charge in [0.25, 0.3) is 0 Å². The summed E-state index contributed by atoms with van der Waals surface area (Å²) in [5.41, 5.74) is 3.84. The molecule has 0 spiro atoms. The van der Waals surface area contributed by atoms with Crippen LogP contribution in [0.15, 0.2) is 60.8 Å². The van der Waals surface area contributed by atoms with Gasteiger partial charge < -0.3 is 20.1 Å². The number of aromatic nitrogens is 4. The third-order valence-electron chi connectivity index (χ3n) is 4.63. The van der Waals surface area contributed by atoms with Crippen LogP contribution < -0.4 is 20.1 Å². The second kappa shape index (κ2) is 8.74. The van der Waals surface area contributed by atoms with Crippen LogP contribution in [0.3, 0.4) is 0 Å². The summed E-state index contributed by atoms with van der Waals surface area (Å²) in [5.74, 6) is 3.20. The van der Waals surface area contributed by atoms with Crippen molar-refractivity contribution in [2.75, 3.05) is 24.9 Å². The van der Waals surface area contributed by atoms with Crippen LogP contribution in [0.2, 0.25) is 0 Å². The fourth-order valence-electron chi connectivity index (χ4n) is 3.21. The maximum Gasteiger partial charge on any atom is 0.229 e. The number of nitrogens with one attached hydrogen (secondary N) is 2. The summed E-state index contributed by atoms with van der Waals surface area (Å²) in [5, 5.41) is 11.2.